The first kappa shape index (κ1) is 77.1. The molecule has 1 atom stereocenters. The van der Waals surface area contributed by atoms with E-state index in [2.05, 4.69) is 69.4 Å². The summed E-state index contributed by atoms with van der Waals surface area (Å²) >= 11 is 0. The molecular formula is C74H134O6. The molecule has 466 valence electrons. The molecule has 0 aliphatic carbocycles. The Balaban J connectivity index is 4.32. The van der Waals surface area contributed by atoms with Gasteiger partial charge in [0.05, 0.1) is 6.42 Å². The van der Waals surface area contributed by atoms with Gasteiger partial charge in [-0.1, -0.05) is 370 Å². The molecule has 0 heterocycles. The second-order valence-electron chi connectivity index (χ2n) is 23.8. The summed E-state index contributed by atoms with van der Waals surface area (Å²) in [5, 5.41) is 0. The van der Waals surface area contributed by atoms with Crippen molar-refractivity contribution in [3.8, 4) is 0 Å². The van der Waals surface area contributed by atoms with Crippen molar-refractivity contribution >= 4 is 17.9 Å². The SMILES string of the molecule is CC/C=C\C/C=C\C/C=C\C/C=C\C/C=C\CC(=O)OCC(COC(=O)CCCCCCCCCCCCCCCCCCCCCCCCCC)OC(=O)CCCCCCCCCCCCCCCCCCCCCCCCC. The van der Waals surface area contributed by atoms with Gasteiger partial charge in [-0.15, -0.1) is 0 Å². The molecule has 0 amide bonds. The number of carbonyl (C=O) groups excluding carboxylic acids is 3. The van der Waals surface area contributed by atoms with Crippen molar-refractivity contribution in [1.29, 1.82) is 0 Å². The maximum Gasteiger partial charge on any atom is 0.309 e. The van der Waals surface area contributed by atoms with Crippen molar-refractivity contribution in [2.45, 2.75) is 380 Å². The first-order chi connectivity index (χ1) is 39.5. The molecule has 6 nitrogen and oxygen atoms in total. The summed E-state index contributed by atoms with van der Waals surface area (Å²) in [7, 11) is 0. The molecule has 0 aromatic carbocycles. The van der Waals surface area contributed by atoms with Crippen LogP contribution in [0.25, 0.3) is 0 Å². The minimum atomic E-state index is -0.812. The largest absolute Gasteiger partial charge is 0.462 e. The molecule has 1 unspecified atom stereocenters. The Kier molecular flexibility index (Phi) is 66.1. The molecule has 0 rings (SSSR count). The zero-order valence-electron chi connectivity index (χ0n) is 53.6. The summed E-state index contributed by atoms with van der Waals surface area (Å²) in [6.07, 6.45) is 88.6. The average Bonchev–Trinajstić information content (AvgIpc) is 3.46. The van der Waals surface area contributed by atoms with Crippen LogP contribution in [0.15, 0.2) is 60.8 Å². The Morgan fingerprint density at radius 1 is 0.263 bits per heavy atom. The van der Waals surface area contributed by atoms with Gasteiger partial charge in [0.2, 0.25) is 0 Å². The third kappa shape index (κ3) is 65.9. The van der Waals surface area contributed by atoms with E-state index >= 15 is 0 Å². The molecule has 0 aliphatic rings. The zero-order chi connectivity index (χ0) is 57.8. The average molecular weight is 1120 g/mol. The van der Waals surface area contributed by atoms with Crippen molar-refractivity contribution in [3.63, 3.8) is 0 Å². The molecule has 0 N–H and O–H groups in total. The van der Waals surface area contributed by atoms with E-state index in [4.69, 9.17) is 14.2 Å². The van der Waals surface area contributed by atoms with E-state index in [1.54, 1.807) is 0 Å². The minimum Gasteiger partial charge on any atom is -0.462 e. The summed E-state index contributed by atoms with van der Waals surface area (Å²) in [5.41, 5.74) is 0. The third-order valence-corrected chi connectivity index (χ3v) is 15.8. The quantitative estimate of drug-likeness (QED) is 0.0261. The highest BCUT2D eigenvalue weighted by Crippen LogP contribution is 2.19. The van der Waals surface area contributed by atoms with Gasteiger partial charge in [-0.3, -0.25) is 14.4 Å². The second-order valence-corrected chi connectivity index (χ2v) is 23.8. The summed E-state index contributed by atoms with van der Waals surface area (Å²) in [4.78, 5) is 38.4. The Labute approximate surface area is 498 Å². The smallest absolute Gasteiger partial charge is 0.309 e. The van der Waals surface area contributed by atoms with Crippen molar-refractivity contribution in [2.24, 2.45) is 0 Å². The van der Waals surface area contributed by atoms with Crippen LogP contribution >= 0.6 is 0 Å². The molecule has 0 fully saturated rings. The number of esters is 3. The maximum absolute atomic E-state index is 12.9. The fraction of sp³-hybridized carbons (Fsp3) is 0.824. The third-order valence-electron chi connectivity index (χ3n) is 15.8. The minimum absolute atomic E-state index is 0.0989. The number of unbranched alkanes of at least 4 members (excludes halogenated alkanes) is 45. The van der Waals surface area contributed by atoms with Crippen LogP contribution in [0.5, 0.6) is 0 Å². The van der Waals surface area contributed by atoms with Gasteiger partial charge in [-0.05, 0) is 44.9 Å². The molecule has 0 radical (unpaired) electrons. The van der Waals surface area contributed by atoms with E-state index in [0.717, 1.165) is 70.6 Å². The molecule has 0 aliphatic heterocycles. The Hall–Kier alpha value is -2.89. The van der Waals surface area contributed by atoms with E-state index in [9.17, 15) is 14.4 Å². The molecule has 0 aromatic heterocycles. The van der Waals surface area contributed by atoms with Gasteiger partial charge >= 0.3 is 17.9 Å². The van der Waals surface area contributed by atoms with Gasteiger partial charge in [0.25, 0.3) is 0 Å². The second kappa shape index (κ2) is 68.6. The van der Waals surface area contributed by atoms with Crippen molar-refractivity contribution in [1.82, 2.24) is 0 Å². The molecule has 0 saturated heterocycles. The maximum atomic E-state index is 12.9. The number of allylic oxidation sites excluding steroid dienone is 9. The number of ether oxygens (including phenoxy) is 3. The number of carbonyl (C=O) groups is 3. The van der Waals surface area contributed by atoms with Crippen LogP contribution in [0.3, 0.4) is 0 Å². The fourth-order valence-corrected chi connectivity index (χ4v) is 10.6. The van der Waals surface area contributed by atoms with E-state index in [1.807, 2.05) is 12.2 Å². The first-order valence-electron chi connectivity index (χ1n) is 35.3. The Bertz CT molecular complexity index is 1430. The van der Waals surface area contributed by atoms with Crippen LogP contribution in [0, 0.1) is 0 Å². The van der Waals surface area contributed by atoms with Gasteiger partial charge in [0, 0.05) is 12.8 Å². The number of hydrogen-bond donors (Lipinski definition) is 0. The van der Waals surface area contributed by atoms with Crippen LogP contribution < -0.4 is 0 Å². The lowest BCUT2D eigenvalue weighted by Crippen LogP contribution is -2.30. The van der Waals surface area contributed by atoms with Gasteiger partial charge in [0.1, 0.15) is 13.2 Å². The molecule has 0 aromatic rings. The highest BCUT2D eigenvalue weighted by molar-refractivity contribution is 5.72. The molecular weight excluding hydrogens is 985 g/mol. The van der Waals surface area contributed by atoms with Crippen LogP contribution in [-0.4, -0.2) is 37.2 Å². The summed E-state index contributed by atoms with van der Waals surface area (Å²) < 4.78 is 16.9. The van der Waals surface area contributed by atoms with E-state index in [0.29, 0.717) is 12.8 Å². The Morgan fingerprint density at radius 2 is 0.487 bits per heavy atom. The normalized spacial score (nSPS) is 12.4. The topological polar surface area (TPSA) is 78.9 Å². The molecule has 80 heavy (non-hydrogen) atoms. The van der Waals surface area contributed by atoms with Crippen molar-refractivity contribution < 1.29 is 28.6 Å². The van der Waals surface area contributed by atoms with Gasteiger partial charge in [-0.25, -0.2) is 0 Å². The van der Waals surface area contributed by atoms with Gasteiger partial charge < -0.3 is 14.2 Å². The predicted octanol–water partition coefficient (Wildman–Crippen LogP) is 24.3. The van der Waals surface area contributed by atoms with Crippen LogP contribution in [0.2, 0.25) is 0 Å². The van der Waals surface area contributed by atoms with E-state index in [1.165, 1.54) is 263 Å². The highest BCUT2D eigenvalue weighted by Gasteiger charge is 2.19. The van der Waals surface area contributed by atoms with Gasteiger partial charge in [0.15, 0.2) is 6.10 Å². The first-order valence-corrected chi connectivity index (χ1v) is 35.3. The predicted molar refractivity (Wildman–Crippen MR) is 348 cm³/mol. The van der Waals surface area contributed by atoms with E-state index < -0.39 is 12.1 Å². The lowest BCUT2D eigenvalue weighted by Gasteiger charge is -2.18. The lowest BCUT2D eigenvalue weighted by molar-refractivity contribution is -0.166. The highest BCUT2D eigenvalue weighted by atomic mass is 16.6. The number of rotatable bonds is 65. The monoisotopic (exact) mass is 1120 g/mol. The van der Waals surface area contributed by atoms with Crippen molar-refractivity contribution in [3.05, 3.63) is 60.8 Å². The van der Waals surface area contributed by atoms with Crippen LogP contribution in [0.1, 0.15) is 374 Å². The van der Waals surface area contributed by atoms with Crippen molar-refractivity contribution in [2.75, 3.05) is 13.2 Å². The number of hydrogen-bond acceptors (Lipinski definition) is 6. The molecule has 0 saturated carbocycles. The fourth-order valence-electron chi connectivity index (χ4n) is 10.6. The molecule has 6 heteroatoms. The Morgan fingerprint density at radius 3 is 0.762 bits per heavy atom. The standard InChI is InChI=1S/C74H134O6/c1-4-7-10-13-16-19-22-25-28-30-32-34-36-38-39-41-43-46-49-52-55-58-61-64-67-73(76)79-70-71(69-78-72(75)66-63-60-57-54-51-48-45-27-24-21-18-15-12-9-6-3)80-74(77)68-65-62-59-56-53-50-47-44-42-40-37-35-33-31-29-26-23-20-17-14-11-8-5-2/h9,12,18,21,27,45,51,54,60,63,71H,4-8,10-11,13-17,19-20,22-26,28-44,46-50,52-53,55-59,61-62,64-70H2,1-3H3/b12-9-,21-18-,45-27-,54-51-,63-60-. The molecule has 0 spiro atoms. The van der Waals surface area contributed by atoms with Crippen LogP contribution in [0.4, 0.5) is 0 Å². The van der Waals surface area contributed by atoms with Crippen LogP contribution in [-0.2, 0) is 28.6 Å². The lowest BCUT2D eigenvalue weighted by atomic mass is 10.0. The van der Waals surface area contributed by atoms with E-state index in [-0.39, 0.29) is 31.6 Å². The summed E-state index contributed by atoms with van der Waals surface area (Å²) in [5.74, 6) is -1.01. The summed E-state index contributed by atoms with van der Waals surface area (Å²) in [6, 6.07) is 0. The van der Waals surface area contributed by atoms with Gasteiger partial charge in [-0.2, -0.15) is 0 Å². The summed E-state index contributed by atoms with van der Waals surface area (Å²) in [6.45, 7) is 6.51. The zero-order valence-corrected chi connectivity index (χ0v) is 53.6. The molecule has 0 bridgehead atoms.